The number of piperidine rings is 1. The lowest BCUT2D eigenvalue weighted by Crippen LogP contribution is -2.47. The lowest BCUT2D eigenvalue weighted by molar-refractivity contribution is 0.163. The molecule has 1 aliphatic heterocycles. The molecule has 1 fully saturated rings. The SMILES string of the molecule is C[C@H](CNC(=O)N(C)Cc1nc(-c2ccncc2)no1)N1CCCCC1. The van der Waals surface area contributed by atoms with E-state index in [0.717, 1.165) is 18.7 Å². The third-order valence-corrected chi connectivity index (χ3v) is 4.69. The topological polar surface area (TPSA) is 87.4 Å². The lowest BCUT2D eigenvalue weighted by Gasteiger charge is -2.32. The minimum absolute atomic E-state index is 0.141. The third kappa shape index (κ3) is 4.78. The van der Waals surface area contributed by atoms with Crippen molar-refractivity contribution >= 4 is 6.03 Å². The molecule has 0 aromatic carbocycles. The van der Waals surface area contributed by atoms with Gasteiger partial charge in [-0.3, -0.25) is 9.88 Å². The van der Waals surface area contributed by atoms with Crippen molar-refractivity contribution in [2.45, 2.75) is 38.8 Å². The molecule has 0 unspecified atom stereocenters. The number of likely N-dealkylation sites (tertiary alicyclic amines) is 1. The molecule has 1 atom stereocenters. The van der Waals surface area contributed by atoms with E-state index < -0.39 is 0 Å². The minimum atomic E-state index is -0.141. The van der Waals surface area contributed by atoms with Crippen LogP contribution in [0.1, 0.15) is 32.1 Å². The molecule has 0 aliphatic carbocycles. The van der Waals surface area contributed by atoms with Crippen molar-refractivity contribution < 1.29 is 9.32 Å². The Hall–Kier alpha value is -2.48. The highest BCUT2D eigenvalue weighted by Gasteiger charge is 2.19. The van der Waals surface area contributed by atoms with Crippen LogP contribution < -0.4 is 5.32 Å². The van der Waals surface area contributed by atoms with Crippen LogP contribution in [0.5, 0.6) is 0 Å². The standard InChI is InChI=1S/C18H26N6O2/c1-14(24-10-4-3-5-11-24)12-20-18(25)23(2)13-16-21-17(22-26-16)15-6-8-19-9-7-15/h6-9,14H,3-5,10-13H2,1-2H3,(H,20,25)/t14-/m1/s1. The summed E-state index contributed by atoms with van der Waals surface area (Å²) in [5, 5.41) is 6.94. The Kier molecular flexibility index (Phi) is 6.17. The Morgan fingerprint density at radius 2 is 2.04 bits per heavy atom. The molecular weight excluding hydrogens is 332 g/mol. The summed E-state index contributed by atoms with van der Waals surface area (Å²) >= 11 is 0. The number of pyridine rings is 1. The number of hydrogen-bond donors (Lipinski definition) is 1. The summed E-state index contributed by atoms with van der Waals surface area (Å²) < 4.78 is 5.25. The molecule has 8 heteroatoms. The summed E-state index contributed by atoms with van der Waals surface area (Å²) in [4.78, 5) is 24.6. The van der Waals surface area contributed by atoms with E-state index in [0.29, 0.717) is 24.3 Å². The van der Waals surface area contributed by atoms with Crippen LogP contribution in [0.25, 0.3) is 11.4 Å². The van der Waals surface area contributed by atoms with Crippen molar-refractivity contribution in [3.05, 3.63) is 30.4 Å². The molecule has 2 amide bonds. The molecule has 3 rings (SSSR count). The Labute approximate surface area is 153 Å². The van der Waals surface area contributed by atoms with Crippen LogP contribution in [0.2, 0.25) is 0 Å². The zero-order chi connectivity index (χ0) is 18.4. The maximum atomic E-state index is 12.3. The van der Waals surface area contributed by atoms with Crippen molar-refractivity contribution in [2.75, 3.05) is 26.7 Å². The highest BCUT2D eigenvalue weighted by molar-refractivity contribution is 5.73. The monoisotopic (exact) mass is 358 g/mol. The van der Waals surface area contributed by atoms with Gasteiger partial charge in [-0.1, -0.05) is 11.6 Å². The van der Waals surface area contributed by atoms with Crippen LogP contribution in [0.4, 0.5) is 4.79 Å². The molecule has 0 spiro atoms. The van der Waals surface area contributed by atoms with Gasteiger partial charge in [0, 0.05) is 37.6 Å². The fraction of sp³-hybridized carbons (Fsp3) is 0.556. The summed E-state index contributed by atoms with van der Waals surface area (Å²) in [6, 6.07) is 3.83. The van der Waals surface area contributed by atoms with E-state index in [1.807, 2.05) is 12.1 Å². The maximum Gasteiger partial charge on any atom is 0.317 e. The zero-order valence-corrected chi connectivity index (χ0v) is 15.4. The highest BCUT2D eigenvalue weighted by atomic mass is 16.5. The third-order valence-electron chi connectivity index (χ3n) is 4.69. The van der Waals surface area contributed by atoms with E-state index >= 15 is 0 Å². The second-order valence-electron chi connectivity index (χ2n) is 6.74. The van der Waals surface area contributed by atoms with E-state index in [-0.39, 0.29) is 12.6 Å². The van der Waals surface area contributed by atoms with Crippen LogP contribution in [-0.4, -0.2) is 63.7 Å². The van der Waals surface area contributed by atoms with E-state index in [1.165, 1.54) is 19.3 Å². The largest absolute Gasteiger partial charge is 0.337 e. The number of carbonyl (C=O) groups excluding carboxylic acids is 1. The van der Waals surface area contributed by atoms with E-state index in [2.05, 4.69) is 32.3 Å². The molecule has 26 heavy (non-hydrogen) atoms. The fourth-order valence-corrected chi connectivity index (χ4v) is 3.07. The van der Waals surface area contributed by atoms with Crippen molar-refractivity contribution in [1.29, 1.82) is 0 Å². The molecule has 0 radical (unpaired) electrons. The van der Waals surface area contributed by atoms with Gasteiger partial charge in [0.2, 0.25) is 11.7 Å². The number of aromatic nitrogens is 3. The molecule has 2 aromatic rings. The van der Waals surface area contributed by atoms with Gasteiger partial charge >= 0.3 is 6.03 Å². The Balaban J connectivity index is 1.47. The molecule has 8 nitrogen and oxygen atoms in total. The molecule has 0 saturated carbocycles. The van der Waals surface area contributed by atoms with Crippen LogP contribution >= 0.6 is 0 Å². The van der Waals surface area contributed by atoms with Crippen LogP contribution in [-0.2, 0) is 6.54 Å². The molecular formula is C18H26N6O2. The molecule has 1 aliphatic rings. The van der Waals surface area contributed by atoms with Gasteiger partial charge in [-0.2, -0.15) is 4.98 Å². The number of rotatable bonds is 6. The number of carbonyl (C=O) groups is 1. The van der Waals surface area contributed by atoms with Gasteiger partial charge in [-0.25, -0.2) is 4.79 Å². The molecule has 1 saturated heterocycles. The summed E-state index contributed by atoms with van der Waals surface area (Å²) in [5.74, 6) is 0.897. The Bertz CT molecular complexity index is 699. The van der Waals surface area contributed by atoms with E-state index in [1.54, 1.807) is 24.3 Å². The number of hydrogen-bond acceptors (Lipinski definition) is 6. The highest BCUT2D eigenvalue weighted by Crippen LogP contribution is 2.15. The van der Waals surface area contributed by atoms with Crippen molar-refractivity contribution in [3.8, 4) is 11.4 Å². The van der Waals surface area contributed by atoms with Gasteiger partial charge < -0.3 is 14.7 Å². The first-order chi connectivity index (χ1) is 12.6. The smallest absolute Gasteiger partial charge is 0.317 e. The van der Waals surface area contributed by atoms with E-state index in [4.69, 9.17) is 4.52 Å². The first-order valence-electron chi connectivity index (χ1n) is 9.09. The summed E-state index contributed by atoms with van der Waals surface area (Å²) in [7, 11) is 1.72. The predicted octanol–water partition coefficient (Wildman–Crippen LogP) is 2.15. The fourth-order valence-electron chi connectivity index (χ4n) is 3.07. The minimum Gasteiger partial charge on any atom is -0.337 e. The van der Waals surface area contributed by atoms with Crippen LogP contribution in [0.3, 0.4) is 0 Å². The molecule has 2 aromatic heterocycles. The van der Waals surface area contributed by atoms with Crippen molar-refractivity contribution in [2.24, 2.45) is 0 Å². The predicted molar refractivity (Wildman–Crippen MR) is 97.3 cm³/mol. The first kappa shape index (κ1) is 18.3. The second kappa shape index (κ2) is 8.75. The normalized spacial score (nSPS) is 16.2. The van der Waals surface area contributed by atoms with Crippen LogP contribution in [0.15, 0.2) is 29.0 Å². The van der Waals surface area contributed by atoms with Gasteiger partial charge in [-0.05, 0) is 45.0 Å². The maximum absolute atomic E-state index is 12.3. The zero-order valence-electron chi connectivity index (χ0n) is 15.4. The summed E-state index contributed by atoms with van der Waals surface area (Å²) in [5.41, 5.74) is 0.831. The van der Waals surface area contributed by atoms with Gasteiger partial charge in [0.25, 0.3) is 0 Å². The Morgan fingerprint density at radius 3 is 2.77 bits per heavy atom. The van der Waals surface area contributed by atoms with Crippen molar-refractivity contribution in [3.63, 3.8) is 0 Å². The number of nitrogens with zero attached hydrogens (tertiary/aromatic N) is 5. The number of amides is 2. The molecule has 3 heterocycles. The second-order valence-corrected chi connectivity index (χ2v) is 6.74. The van der Waals surface area contributed by atoms with Gasteiger partial charge in [0.1, 0.15) is 6.54 Å². The summed E-state index contributed by atoms with van der Waals surface area (Å²) in [6.07, 6.45) is 7.15. The number of nitrogens with one attached hydrogen (secondary N) is 1. The Morgan fingerprint density at radius 1 is 1.31 bits per heavy atom. The van der Waals surface area contributed by atoms with Crippen LogP contribution in [0, 0.1) is 0 Å². The van der Waals surface area contributed by atoms with E-state index in [9.17, 15) is 4.79 Å². The van der Waals surface area contributed by atoms with Gasteiger partial charge in [-0.15, -0.1) is 0 Å². The average Bonchev–Trinajstić information content (AvgIpc) is 3.15. The number of urea groups is 1. The lowest BCUT2D eigenvalue weighted by atomic mass is 10.1. The average molecular weight is 358 g/mol. The molecule has 0 bridgehead atoms. The van der Waals surface area contributed by atoms with Gasteiger partial charge in [0.15, 0.2) is 0 Å². The molecule has 140 valence electrons. The quantitative estimate of drug-likeness (QED) is 0.851. The summed E-state index contributed by atoms with van der Waals surface area (Å²) in [6.45, 7) is 5.29. The van der Waals surface area contributed by atoms with Crippen molar-refractivity contribution in [1.82, 2.24) is 30.2 Å². The first-order valence-corrected chi connectivity index (χ1v) is 9.09. The molecule has 1 N–H and O–H groups in total. The van der Waals surface area contributed by atoms with Gasteiger partial charge in [0.05, 0.1) is 0 Å².